The van der Waals surface area contributed by atoms with Gasteiger partial charge in [0.1, 0.15) is 6.04 Å². The summed E-state index contributed by atoms with van der Waals surface area (Å²) >= 11 is 0. The number of rotatable bonds is 8. The first kappa shape index (κ1) is 27.4. The van der Waals surface area contributed by atoms with Crippen molar-refractivity contribution in [3.63, 3.8) is 0 Å². The Bertz CT molecular complexity index is 1640. The lowest BCUT2D eigenvalue weighted by Gasteiger charge is -2.37. The normalized spacial score (nSPS) is 22.2. The number of piperidine rings is 1. The Morgan fingerprint density at radius 3 is 2.26 bits per heavy atom. The van der Waals surface area contributed by atoms with Crippen LogP contribution in [0.4, 0.5) is 0 Å². The van der Waals surface area contributed by atoms with Crippen LogP contribution >= 0.6 is 0 Å². The van der Waals surface area contributed by atoms with E-state index in [1.54, 1.807) is 29.2 Å². The van der Waals surface area contributed by atoms with Crippen LogP contribution in [0, 0.1) is 17.2 Å². The molecule has 1 aromatic heterocycles. The van der Waals surface area contributed by atoms with Gasteiger partial charge in [-0.15, -0.1) is 0 Å². The van der Waals surface area contributed by atoms with Crippen LogP contribution in [0.1, 0.15) is 75.0 Å². The average molecular weight is 570 g/mol. The van der Waals surface area contributed by atoms with Gasteiger partial charge in [0, 0.05) is 23.2 Å². The molecule has 0 radical (unpaired) electrons. The number of hydrogen-bond donors (Lipinski definition) is 4. The molecular formula is C30H31N7O5. The molecule has 3 aliphatic rings. The first-order valence-electron chi connectivity index (χ1n) is 14.0. The Morgan fingerprint density at radius 1 is 1.12 bits per heavy atom. The second kappa shape index (κ2) is 10.3. The van der Waals surface area contributed by atoms with Crippen LogP contribution in [0.2, 0.25) is 0 Å². The Labute approximate surface area is 241 Å². The van der Waals surface area contributed by atoms with Crippen LogP contribution in [-0.4, -0.2) is 57.4 Å². The number of hydrogen-bond acceptors (Lipinski definition) is 8. The Morgan fingerprint density at radius 2 is 1.74 bits per heavy atom. The topological polar surface area (TPSA) is 201 Å². The van der Waals surface area contributed by atoms with Crippen molar-refractivity contribution in [2.75, 3.05) is 6.54 Å². The number of nitriles is 1. The van der Waals surface area contributed by atoms with Gasteiger partial charge in [0.2, 0.25) is 17.7 Å². The standard InChI is InChI=1S/C30H31N7O5/c1-15(34-14-25(38)37-21(13-31)10-20-11-24(20)37)12-30(28-35-29(41)42-36-28)22-6-4-18(26(32)39)8-16(22)2-3-17-9-19(27(33)40)5-7-23(17)30/h4-9,15,20-21,24,34H,2-3,10-12,14H2,1H3,(H2,32,39)(H2,33,40)(H,35,36,41)/t15-,20+,21-,24-/m0/s1. The van der Waals surface area contributed by atoms with Crippen LogP contribution in [0.25, 0.3) is 0 Å². The highest BCUT2D eigenvalue weighted by molar-refractivity contribution is 5.94. The van der Waals surface area contributed by atoms with E-state index in [4.69, 9.17) is 16.0 Å². The lowest BCUT2D eigenvalue weighted by atomic mass is 9.67. The minimum absolute atomic E-state index is 0.0366. The third-order valence-corrected chi connectivity index (χ3v) is 8.96. The van der Waals surface area contributed by atoms with Crippen LogP contribution in [0.15, 0.2) is 45.7 Å². The zero-order valence-electron chi connectivity index (χ0n) is 23.1. The molecule has 2 aliphatic carbocycles. The first-order valence-corrected chi connectivity index (χ1v) is 14.0. The van der Waals surface area contributed by atoms with Crippen molar-refractivity contribution in [3.8, 4) is 6.07 Å². The Kier molecular flexibility index (Phi) is 6.69. The van der Waals surface area contributed by atoms with Crippen molar-refractivity contribution in [2.45, 2.75) is 62.6 Å². The summed E-state index contributed by atoms with van der Waals surface area (Å²) < 4.78 is 5.00. The highest BCUT2D eigenvalue weighted by atomic mass is 16.5. The third kappa shape index (κ3) is 4.55. The van der Waals surface area contributed by atoms with Crippen LogP contribution in [-0.2, 0) is 23.1 Å². The van der Waals surface area contributed by atoms with Crippen molar-refractivity contribution in [1.82, 2.24) is 20.4 Å². The molecule has 12 heteroatoms. The molecule has 6 N–H and O–H groups in total. The van der Waals surface area contributed by atoms with Crippen molar-refractivity contribution in [1.29, 1.82) is 5.26 Å². The molecule has 2 aromatic carbocycles. The molecule has 1 saturated heterocycles. The van der Waals surface area contributed by atoms with Gasteiger partial charge in [-0.05, 0) is 91.5 Å². The van der Waals surface area contributed by atoms with Gasteiger partial charge < -0.3 is 21.7 Å². The zero-order valence-corrected chi connectivity index (χ0v) is 23.1. The summed E-state index contributed by atoms with van der Waals surface area (Å²) in [6, 6.07) is 12.1. The number of fused-ring (bicyclic) bond motifs is 3. The minimum Gasteiger partial charge on any atom is -0.366 e. The minimum atomic E-state index is -1.10. The van der Waals surface area contributed by atoms with Gasteiger partial charge in [0.25, 0.3) is 0 Å². The number of nitrogens with one attached hydrogen (secondary N) is 2. The number of amides is 3. The smallest absolute Gasteiger partial charge is 0.366 e. The fourth-order valence-electron chi connectivity index (χ4n) is 6.96. The van der Waals surface area contributed by atoms with Gasteiger partial charge in [0.05, 0.1) is 18.0 Å². The molecule has 3 amide bonds. The molecule has 0 unspecified atom stereocenters. The number of benzene rings is 2. The van der Waals surface area contributed by atoms with Gasteiger partial charge >= 0.3 is 5.76 Å². The molecule has 4 atom stereocenters. The first-order chi connectivity index (χ1) is 20.1. The summed E-state index contributed by atoms with van der Waals surface area (Å²) in [4.78, 5) is 54.1. The van der Waals surface area contributed by atoms with Crippen LogP contribution in [0.5, 0.6) is 0 Å². The number of aryl methyl sites for hydroxylation is 2. The number of carbonyl (C=O) groups excluding carboxylic acids is 3. The molecule has 0 spiro atoms. The number of carbonyl (C=O) groups is 3. The van der Waals surface area contributed by atoms with Crippen molar-refractivity contribution < 1.29 is 18.9 Å². The summed E-state index contributed by atoms with van der Waals surface area (Å²) in [6.45, 7) is 1.97. The lowest BCUT2D eigenvalue weighted by Crippen LogP contribution is -2.46. The van der Waals surface area contributed by atoms with E-state index >= 15 is 0 Å². The SMILES string of the molecule is C[C@@H](CC1(c2noc(=O)[nH]2)c2ccc(C(N)=O)cc2CCc2cc(C(N)=O)ccc21)NCC(=O)N1[C@H](C#N)C[C@@H]2C[C@@H]21. The number of nitrogens with zero attached hydrogens (tertiary/aromatic N) is 3. The maximum absolute atomic E-state index is 13.2. The van der Waals surface area contributed by atoms with E-state index in [-0.39, 0.29) is 30.4 Å². The summed E-state index contributed by atoms with van der Waals surface area (Å²) in [6.07, 6.45) is 3.02. The fraction of sp³-hybridized carbons (Fsp3) is 0.400. The van der Waals surface area contributed by atoms with Gasteiger partial charge in [-0.3, -0.25) is 23.9 Å². The van der Waals surface area contributed by atoms with E-state index in [0.717, 1.165) is 35.1 Å². The van der Waals surface area contributed by atoms with Gasteiger partial charge in [-0.1, -0.05) is 17.3 Å². The van der Waals surface area contributed by atoms with Gasteiger partial charge in [-0.25, -0.2) is 4.79 Å². The third-order valence-electron chi connectivity index (χ3n) is 8.96. The lowest BCUT2D eigenvalue weighted by molar-refractivity contribution is -0.131. The van der Waals surface area contributed by atoms with E-state index in [1.165, 1.54) is 0 Å². The highest BCUT2D eigenvalue weighted by Crippen LogP contribution is 2.48. The number of aromatic nitrogens is 2. The molecule has 3 aromatic rings. The quantitative estimate of drug-likeness (QED) is 0.306. The molecule has 1 saturated carbocycles. The zero-order chi connectivity index (χ0) is 29.8. The van der Waals surface area contributed by atoms with Crippen molar-refractivity contribution in [3.05, 3.63) is 86.2 Å². The molecule has 42 heavy (non-hydrogen) atoms. The molecule has 12 nitrogen and oxygen atoms in total. The number of primary amides is 2. The van der Waals surface area contributed by atoms with E-state index in [9.17, 15) is 24.4 Å². The van der Waals surface area contributed by atoms with Gasteiger partial charge in [-0.2, -0.15) is 5.26 Å². The largest absolute Gasteiger partial charge is 0.438 e. The Balaban J connectivity index is 1.43. The predicted octanol–water partition coefficient (Wildman–Crippen LogP) is 0.875. The molecular weight excluding hydrogens is 538 g/mol. The molecule has 216 valence electrons. The van der Waals surface area contributed by atoms with E-state index in [1.807, 2.05) is 19.1 Å². The van der Waals surface area contributed by atoms with E-state index in [0.29, 0.717) is 36.3 Å². The van der Waals surface area contributed by atoms with Crippen LogP contribution in [0.3, 0.4) is 0 Å². The number of nitrogens with two attached hydrogens (primary N) is 2. The summed E-state index contributed by atoms with van der Waals surface area (Å²) in [5, 5.41) is 17.0. The molecule has 6 rings (SSSR count). The molecule has 2 fully saturated rings. The van der Waals surface area contributed by atoms with Crippen LogP contribution < -0.4 is 22.5 Å². The number of likely N-dealkylation sites (tertiary alicyclic amines) is 1. The van der Waals surface area contributed by atoms with E-state index in [2.05, 4.69) is 21.5 Å². The summed E-state index contributed by atoms with van der Waals surface area (Å²) in [5.41, 5.74) is 14.0. The summed E-state index contributed by atoms with van der Waals surface area (Å²) in [7, 11) is 0. The predicted molar refractivity (Wildman–Crippen MR) is 149 cm³/mol. The second-order valence-electron chi connectivity index (χ2n) is 11.6. The monoisotopic (exact) mass is 569 g/mol. The van der Waals surface area contributed by atoms with Gasteiger partial charge in [0.15, 0.2) is 5.82 Å². The number of aromatic amines is 1. The Hall–Kier alpha value is -4.76. The molecule has 0 bridgehead atoms. The van der Waals surface area contributed by atoms with E-state index < -0.39 is 29.0 Å². The van der Waals surface area contributed by atoms with Crippen molar-refractivity contribution in [2.24, 2.45) is 17.4 Å². The number of H-pyrrole nitrogens is 1. The molecule has 2 heterocycles. The fourth-order valence-corrected chi connectivity index (χ4v) is 6.96. The highest BCUT2D eigenvalue weighted by Gasteiger charge is 2.54. The summed E-state index contributed by atoms with van der Waals surface area (Å²) in [5.74, 6) is -1.33. The second-order valence-corrected chi connectivity index (χ2v) is 11.6. The van der Waals surface area contributed by atoms with Crippen molar-refractivity contribution >= 4 is 17.7 Å². The maximum Gasteiger partial charge on any atom is 0.438 e. The maximum atomic E-state index is 13.2. The molecule has 1 aliphatic heterocycles. The average Bonchev–Trinajstić information content (AvgIpc) is 3.46.